The third-order valence-electron chi connectivity index (χ3n) is 2.62. The average Bonchev–Trinajstić information content (AvgIpc) is 2.27. The second-order valence-corrected chi connectivity index (χ2v) is 5.56. The molecule has 1 aromatic rings. The van der Waals surface area contributed by atoms with Crippen molar-refractivity contribution in [3.63, 3.8) is 0 Å². The maximum absolute atomic E-state index is 10.9. The van der Waals surface area contributed by atoms with Gasteiger partial charge in [0.25, 0.3) is 0 Å². The van der Waals surface area contributed by atoms with E-state index in [-0.39, 0.29) is 0 Å². The molecule has 2 N–H and O–H groups in total. The predicted octanol–water partition coefficient (Wildman–Crippen LogP) is 2.20. The number of anilines is 1. The third-order valence-corrected chi connectivity index (χ3v) is 2.62. The van der Waals surface area contributed by atoms with Crippen molar-refractivity contribution in [2.24, 2.45) is 11.3 Å². The molecule has 1 aromatic heterocycles. The molecule has 0 bridgehead atoms. The zero-order valence-corrected chi connectivity index (χ0v) is 11.4. The van der Waals surface area contributed by atoms with Gasteiger partial charge < -0.3 is 10.4 Å². The Balaban J connectivity index is 2.57. The predicted molar refractivity (Wildman–Crippen MR) is 70.5 cm³/mol. The van der Waals surface area contributed by atoms with Crippen LogP contribution in [0.1, 0.15) is 33.3 Å². The maximum atomic E-state index is 10.9. The molecule has 0 aliphatic heterocycles. The summed E-state index contributed by atoms with van der Waals surface area (Å²) in [6.07, 6.45) is 4.51. The molecule has 1 heterocycles. The van der Waals surface area contributed by atoms with Gasteiger partial charge in [0.2, 0.25) is 5.95 Å². The lowest BCUT2D eigenvalue weighted by Crippen LogP contribution is -2.32. The lowest BCUT2D eigenvalue weighted by Gasteiger charge is -2.19. The van der Waals surface area contributed by atoms with Crippen LogP contribution in [0.25, 0.3) is 0 Å². The standard InChI is InChI=1S/C13H21N3O2/c1-9(2)5-10-6-14-12(15-7-10)16-8-13(3,4)11(17)18/h6-7,9H,5,8H2,1-4H3,(H,17,18)(H,14,15,16). The van der Waals surface area contributed by atoms with E-state index in [0.717, 1.165) is 12.0 Å². The molecule has 0 aromatic carbocycles. The van der Waals surface area contributed by atoms with Crippen LogP contribution in [0.2, 0.25) is 0 Å². The van der Waals surface area contributed by atoms with Gasteiger partial charge in [-0.25, -0.2) is 9.97 Å². The van der Waals surface area contributed by atoms with Gasteiger partial charge in [-0.05, 0) is 31.7 Å². The summed E-state index contributed by atoms with van der Waals surface area (Å²) in [7, 11) is 0. The Bertz CT molecular complexity index is 399. The smallest absolute Gasteiger partial charge is 0.310 e. The minimum absolute atomic E-state index is 0.297. The fourth-order valence-electron chi connectivity index (χ4n) is 1.40. The summed E-state index contributed by atoms with van der Waals surface area (Å²) in [5.74, 6) is 0.196. The Morgan fingerprint density at radius 3 is 2.39 bits per heavy atom. The molecule has 18 heavy (non-hydrogen) atoms. The lowest BCUT2D eigenvalue weighted by molar-refractivity contribution is -0.146. The van der Waals surface area contributed by atoms with E-state index in [1.54, 1.807) is 26.2 Å². The first-order valence-corrected chi connectivity index (χ1v) is 6.09. The van der Waals surface area contributed by atoms with Gasteiger partial charge in [-0.1, -0.05) is 13.8 Å². The SMILES string of the molecule is CC(C)Cc1cnc(NCC(C)(C)C(=O)O)nc1. The Morgan fingerprint density at radius 1 is 1.39 bits per heavy atom. The molecule has 0 fully saturated rings. The van der Waals surface area contributed by atoms with E-state index >= 15 is 0 Å². The first-order valence-electron chi connectivity index (χ1n) is 6.09. The van der Waals surface area contributed by atoms with Gasteiger partial charge in [0.15, 0.2) is 0 Å². The van der Waals surface area contributed by atoms with Gasteiger partial charge >= 0.3 is 5.97 Å². The second kappa shape index (κ2) is 5.80. The van der Waals surface area contributed by atoms with E-state index in [9.17, 15) is 4.79 Å². The minimum atomic E-state index is -0.841. The van der Waals surface area contributed by atoms with Crippen molar-refractivity contribution in [1.82, 2.24) is 9.97 Å². The normalized spacial score (nSPS) is 11.6. The maximum Gasteiger partial charge on any atom is 0.310 e. The van der Waals surface area contributed by atoms with Crippen LogP contribution in [-0.4, -0.2) is 27.6 Å². The summed E-state index contributed by atoms with van der Waals surface area (Å²) < 4.78 is 0. The van der Waals surface area contributed by atoms with Crippen molar-refractivity contribution in [3.8, 4) is 0 Å². The third kappa shape index (κ3) is 4.31. The van der Waals surface area contributed by atoms with Gasteiger partial charge in [-0.15, -0.1) is 0 Å². The summed E-state index contributed by atoms with van der Waals surface area (Å²) in [6, 6.07) is 0. The first kappa shape index (κ1) is 14.4. The fourth-order valence-corrected chi connectivity index (χ4v) is 1.40. The van der Waals surface area contributed by atoms with Crippen LogP contribution >= 0.6 is 0 Å². The van der Waals surface area contributed by atoms with Crippen LogP contribution in [0.3, 0.4) is 0 Å². The van der Waals surface area contributed by atoms with Crippen molar-refractivity contribution < 1.29 is 9.90 Å². The highest BCUT2D eigenvalue weighted by molar-refractivity contribution is 5.74. The molecule has 0 spiro atoms. The van der Waals surface area contributed by atoms with E-state index < -0.39 is 11.4 Å². The summed E-state index contributed by atoms with van der Waals surface area (Å²) in [5.41, 5.74) is 0.257. The summed E-state index contributed by atoms with van der Waals surface area (Å²) in [4.78, 5) is 19.3. The topological polar surface area (TPSA) is 75.1 Å². The number of nitrogens with zero attached hydrogens (tertiary/aromatic N) is 2. The zero-order valence-electron chi connectivity index (χ0n) is 11.4. The molecule has 1 rings (SSSR count). The average molecular weight is 251 g/mol. The molecule has 0 saturated heterocycles. The van der Waals surface area contributed by atoms with Crippen molar-refractivity contribution in [1.29, 1.82) is 0 Å². The number of rotatable bonds is 6. The summed E-state index contributed by atoms with van der Waals surface area (Å²) >= 11 is 0. The number of aromatic nitrogens is 2. The van der Waals surface area contributed by atoms with Crippen LogP contribution in [0.15, 0.2) is 12.4 Å². The molecule has 0 atom stereocenters. The van der Waals surface area contributed by atoms with Crippen LogP contribution in [0.4, 0.5) is 5.95 Å². The highest BCUT2D eigenvalue weighted by Gasteiger charge is 2.26. The molecule has 0 saturated carbocycles. The molecule has 0 aliphatic rings. The number of carbonyl (C=O) groups is 1. The Kier molecular flexibility index (Phi) is 4.64. The molecular weight excluding hydrogens is 230 g/mol. The highest BCUT2D eigenvalue weighted by atomic mass is 16.4. The van der Waals surface area contributed by atoms with E-state index in [2.05, 4.69) is 29.1 Å². The summed E-state index contributed by atoms with van der Waals surface area (Å²) in [5, 5.41) is 11.9. The Hall–Kier alpha value is -1.65. The Morgan fingerprint density at radius 2 is 1.94 bits per heavy atom. The first-order chi connectivity index (χ1) is 8.31. The highest BCUT2D eigenvalue weighted by Crippen LogP contribution is 2.15. The Labute approximate surface area is 108 Å². The number of carboxylic acids is 1. The molecule has 5 nitrogen and oxygen atoms in total. The largest absolute Gasteiger partial charge is 0.481 e. The monoisotopic (exact) mass is 251 g/mol. The zero-order chi connectivity index (χ0) is 13.8. The molecule has 0 unspecified atom stereocenters. The second-order valence-electron chi connectivity index (χ2n) is 5.56. The molecular formula is C13H21N3O2. The van der Waals surface area contributed by atoms with Gasteiger partial charge in [-0.2, -0.15) is 0 Å². The van der Waals surface area contributed by atoms with Crippen molar-refractivity contribution in [2.45, 2.75) is 34.1 Å². The van der Waals surface area contributed by atoms with Crippen LogP contribution in [-0.2, 0) is 11.2 Å². The number of nitrogens with one attached hydrogen (secondary N) is 1. The fraction of sp³-hybridized carbons (Fsp3) is 0.615. The number of hydrogen-bond acceptors (Lipinski definition) is 4. The molecule has 5 heteroatoms. The van der Waals surface area contributed by atoms with Gasteiger partial charge in [-0.3, -0.25) is 4.79 Å². The van der Waals surface area contributed by atoms with E-state index in [0.29, 0.717) is 18.4 Å². The van der Waals surface area contributed by atoms with E-state index in [1.165, 1.54) is 0 Å². The van der Waals surface area contributed by atoms with Crippen LogP contribution < -0.4 is 5.32 Å². The number of carboxylic acid groups (broad SMARTS) is 1. The molecule has 0 amide bonds. The van der Waals surface area contributed by atoms with E-state index in [4.69, 9.17) is 5.11 Å². The van der Waals surface area contributed by atoms with Gasteiger partial charge in [0, 0.05) is 18.9 Å². The molecule has 0 aliphatic carbocycles. The van der Waals surface area contributed by atoms with Crippen molar-refractivity contribution in [3.05, 3.63) is 18.0 Å². The number of hydrogen-bond donors (Lipinski definition) is 2. The van der Waals surface area contributed by atoms with Gasteiger partial charge in [0.05, 0.1) is 5.41 Å². The summed E-state index contributed by atoms with van der Waals surface area (Å²) in [6.45, 7) is 7.90. The van der Waals surface area contributed by atoms with Crippen molar-refractivity contribution in [2.75, 3.05) is 11.9 Å². The van der Waals surface area contributed by atoms with E-state index in [1.807, 2.05) is 0 Å². The lowest BCUT2D eigenvalue weighted by atomic mass is 9.94. The number of aliphatic carboxylic acids is 1. The minimum Gasteiger partial charge on any atom is -0.481 e. The van der Waals surface area contributed by atoms with Gasteiger partial charge in [0.1, 0.15) is 0 Å². The van der Waals surface area contributed by atoms with Crippen molar-refractivity contribution >= 4 is 11.9 Å². The molecule has 0 radical (unpaired) electrons. The van der Waals surface area contributed by atoms with Crippen LogP contribution in [0.5, 0.6) is 0 Å². The quantitative estimate of drug-likeness (QED) is 0.810. The van der Waals surface area contributed by atoms with Crippen LogP contribution in [0, 0.1) is 11.3 Å². The molecule has 100 valence electrons.